The van der Waals surface area contributed by atoms with Gasteiger partial charge in [-0.05, 0) is 56.5 Å². The molecule has 0 saturated carbocycles. The van der Waals surface area contributed by atoms with E-state index in [4.69, 9.17) is 0 Å². The van der Waals surface area contributed by atoms with E-state index in [9.17, 15) is 0 Å². The van der Waals surface area contributed by atoms with Crippen LogP contribution in [0.15, 0.2) is 23.8 Å². The zero-order chi connectivity index (χ0) is 10.7. The van der Waals surface area contributed by atoms with Crippen molar-refractivity contribution in [1.29, 1.82) is 0 Å². The van der Waals surface area contributed by atoms with Gasteiger partial charge in [0.05, 0.1) is 0 Å². The highest BCUT2D eigenvalue weighted by molar-refractivity contribution is 5.60. The predicted octanol–water partition coefficient (Wildman–Crippen LogP) is 3.07. The molecular weight excluding hydrogens is 182 g/mol. The SMILES string of the molecule is Cc1cccc(C)c1C=C1CCNCC1. The molecule has 0 spiro atoms. The van der Waals surface area contributed by atoms with E-state index in [0.717, 1.165) is 13.1 Å². The van der Waals surface area contributed by atoms with Gasteiger partial charge in [-0.3, -0.25) is 0 Å². The Kier molecular flexibility index (Phi) is 3.22. The Bertz CT molecular complexity index is 349. The molecule has 80 valence electrons. The van der Waals surface area contributed by atoms with Crippen molar-refractivity contribution in [2.24, 2.45) is 0 Å². The van der Waals surface area contributed by atoms with Crippen LogP contribution in [-0.4, -0.2) is 13.1 Å². The Morgan fingerprint density at radius 2 is 1.67 bits per heavy atom. The van der Waals surface area contributed by atoms with E-state index in [2.05, 4.69) is 43.4 Å². The first-order valence-electron chi connectivity index (χ1n) is 5.74. The fraction of sp³-hybridized carbons (Fsp3) is 0.429. The zero-order valence-electron chi connectivity index (χ0n) is 9.64. The summed E-state index contributed by atoms with van der Waals surface area (Å²) in [5, 5.41) is 3.39. The van der Waals surface area contributed by atoms with Crippen LogP contribution >= 0.6 is 0 Å². The van der Waals surface area contributed by atoms with Crippen molar-refractivity contribution >= 4 is 6.08 Å². The van der Waals surface area contributed by atoms with Gasteiger partial charge in [-0.25, -0.2) is 0 Å². The normalized spacial score (nSPS) is 16.5. The summed E-state index contributed by atoms with van der Waals surface area (Å²) in [5.74, 6) is 0. The van der Waals surface area contributed by atoms with Crippen molar-refractivity contribution in [2.75, 3.05) is 13.1 Å². The van der Waals surface area contributed by atoms with Crippen molar-refractivity contribution in [1.82, 2.24) is 5.32 Å². The van der Waals surface area contributed by atoms with Gasteiger partial charge in [0.15, 0.2) is 0 Å². The largest absolute Gasteiger partial charge is 0.316 e. The minimum Gasteiger partial charge on any atom is -0.316 e. The Morgan fingerprint density at radius 1 is 1.07 bits per heavy atom. The topological polar surface area (TPSA) is 12.0 Å². The first-order chi connectivity index (χ1) is 7.27. The van der Waals surface area contributed by atoms with Gasteiger partial charge >= 0.3 is 0 Å². The molecule has 1 aliphatic rings. The summed E-state index contributed by atoms with van der Waals surface area (Å²) in [6.07, 6.45) is 4.80. The predicted molar refractivity (Wildman–Crippen MR) is 66.0 cm³/mol. The molecule has 1 heteroatoms. The fourth-order valence-corrected chi connectivity index (χ4v) is 2.15. The molecule has 1 aromatic carbocycles. The number of nitrogens with one attached hydrogen (secondary N) is 1. The van der Waals surface area contributed by atoms with E-state index in [0.29, 0.717) is 0 Å². The molecular formula is C14H19N. The third-order valence-electron chi connectivity index (χ3n) is 3.14. The van der Waals surface area contributed by atoms with Crippen LogP contribution in [0.5, 0.6) is 0 Å². The molecule has 2 rings (SSSR count). The molecule has 1 aromatic rings. The molecule has 0 aromatic heterocycles. The molecule has 0 aliphatic carbocycles. The summed E-state index contributed by atoms with van der Waals surface area (Å²) >= 11 is 0. The Labute approximate surface area is 92.2 Å². The summed E-state index contributed by atoms with van der Waals surface area (Å²) in [7, 11) is 0. The van der Waals surface area contributed by atoms with E-state index >= 15 is 0 Å². The molecule has 1 N–H and O–H groups in total. The van der Waals surface area contributed by atoms with E-state index in [1.165, 1.54) is 29.5 Å². The minimum atomic E-state index is 1.14. The number of rotatable bonds is 1. The van der Waals surface area contributed by atoms with Crippen LogP contribution in [0.1, 0.15) is 29.5 Å². The summed E-state index contributed by atoms with van der Waals surface area (Å²) < 4.78 is 0. The van der Waals surface area contributed by atoms with Gasteiger partial charge in [-0.1, -0.05) is 29.8 Å². The van der Waals surface area contributed by atoms with Gasteiger partial charge in [0.1, 0.15) is 0 Å². The summed E-state index contributed by atoms with van der Waals surface area (Å²) in [6.45, 7) is 6.66. The number of hydrogen-bond acceptors (Lipinski definition) is 1. The van der Waals surface area contributed by atoms with Crippen LogP contribution in [0.25, 0.3) is 6.08 Å². The lowest BCUT2D eigenvalue weighted by Gasteiger charge is -2.16. The van der Waals surface area contributed by atoms with Gasteiger partial charge in [-0.2, -0.15) is 0 Å². The lowest BCUT2D eigenvalue weighted by Crippen LogP contribution is -2.23. The average Bonchev–Trinajstić information content (AvgIpc) is 2.25. The summed E-state index contributed by atoms with van der Waals surface area (Å²) in [6, 6.07) is 6.52. The average molecular weight is 201 g/mol. The molecule has 1 fully saturated rings. The van der Waals surface area contributed by atoms with Gasteiger partial charge in [-0.15, -0.1) is 0 Å². The number of hydrogen-bond donors (Lipinski definition) is 1. The van der Waals surface area contributed by atoms with E-state index in [1.54, 1.807) is 5.57 Å². The highest BCUT2D eigenvalue weighted by Gasteiger charge is 2.06. The van der Waals surface area contributed by atoms with Gasteiger partial charge < -0.3 is 5.32 Å². The lowest BCUT2D eigenvalue weighted by molar-refractivity contribution is 0.613. The van der Waals surface area contributed by atoms with Gasteiger partial charge in [0.2, 0.25) is 0 Å². The van der Waals surface area contributed by atoms with Crippen LogP contribution < -0.4 is 5.32 Å². The van der Waals surface area contributed by atoms with E-state index < -0.39 is 0 Å². The summed E-state index contributed by atoms with van der Waals surface area (Å²) in [5.41, 5.74) is 5.79. The zero-order valence-corrected chi connectivity index (χ0v) is 9.64. The number of benzene rings is 1. The first-order valence-corrected chi connectivity index (χ1v) is 5.74. The third-order valence-corrected chi connectivity index (χ3v) is 3.14. The molecule has 0 bridgehead atoms. The molecule has 1 heterocycles. The molecule has 0 unspecified atom stereocenters. The van der Waals surface area contributed by atoms with Crippen LogP contribution in [0.3, 0.4) is 0 Å². The third kappa shape index (κ3) is 2.48. The van der Waals surface area contributed by atoms with Crippen molar-refractivity contribution in [2.45, 2.75) is 26.7 Å². The molecule has 1 nitrogen and oxygen atoms in total. The standard InChI is InChI=1S/C14H19N/c1-11-4-3-5-12(2)14(11)10-13-6-8-15-9-7-13/h3-5,10,15H,6-9H2,1-2H3. The lowest BCUT2D eigenvalue weighted by atomic mass is 9.97. The monoisotopic (exact) mass is 201 g/mol. The molecule has 0 radical (unpaired) electrons. The van der Waals surface area contributed by atoms with Crippen LogP contribution in [0.4, 0.5) is 0 Å². The highest BCUT2D eigenvalue weighted by Crippen LogP contribution is 2.20. The van der Waals surface area contributed by atoms with Crippen molar-refractivity contribution < 1.29 is 0 Å². The fourth-order valence-electron chi connectivity index (χ4n) is 2.15. The second-order valence-corrected chi connectivity index (χ2v) is 4.36. The van der Waals surface area contributed by atoms with Crippen LogP contribution in [-0.2, 0) is 0 Å². The smallest absolute Gasteiger partial charge is 0.00113 e. The van der Waals surface area contributed by atoms with Crippen LogP contribution in [0.2, 0.25) is 0 Å². The quantitative estimate of drug-likeness (QED) is 0.736. The Balaban J connectivity index is 2.29. The van der Waals surface area contributed by atoms with Crippen molar-refractivity contribution in [3.05, 3.63) is 40.5 Å². The van der Waals surface area contributed by atoms with E-state index in [1.807, 2.05) is 0 Å². The van der Waals surface area contributed by atoms with Crippen molar-refractivity contribution in [3.63, 3.8) is 0 Å². The van der Waals surface area contributed by atoms with Gasteiger partial charge in [0, 0.05) is 0 Å². The molecule has 1 aliphatic heterocycles. The Morgan fingerprint density at radius 3 is 2.27 bits per heavy atom. The maximum absolute atomic E-state index is 3.39. The second-order valence-electron chi connectivity index (χ2n) is 4.36. The van der Waals surface area contributed by atoms with E-state index in [-0.39, 0.29) is 0 Å². The maximum atomic E-state index is 3.39. The Hall–Kier alpha value is -1.08. The number of piperidine rings is 1. The maximum Gasteiger partial charge on any atom is -0.00113 e. The molecule has 0 atom stereocenters. The van der Waals surface area contributed by atoms with Gasteiger partial charge in [0.25, 0.3) is 0 Å². The molecule has 15 heavy (non-hydrogen) atoms. The summed E-state index contributed by atoms with van der Waals surface area (Å²) in [4.78, 5) is 0. The molecule has 1 saturated heterocycles. The highest BCUT2D eigenvalue weighted by atomic mass is 14.9. The molecule has 0 amide bonds. The second kappa shape index (κ2) is 4.63. The van der Waals surface area contributed by atoms with Crippen molar-refractivity contribution in [3.8, 4) is 0 Å². The number of aryl methyl sites for hydroxylation is 2. The first kappa shape index (κ1) is 10.4. The minimum absolute atomic E-state index is 1.14. The van der Waals surface area contributed by atoms with Crippen LogP contribution in [0, 0.1) is 13.8 Å².